The van der Waals surface area contributed by atoms with Crippen molar-refractivity contribution in [2.75, 3.05) is 33.4 Å². The van der Waals surface area contributed by atoms with Gasteiger partial charge in [-0.1, -0.05) is 26.0 Å². The quantitative estimate of drug-likeness (QED) is 0.434. The summed E-state index contributed by atoms with van der Waals surface area (Å²) in [6.45, 7) is 11.8. The Hall–Kier alpha value is -3.56. The first kappa shape index (κ1) is 31.0. The lowest BCUT2D eigenvalue weighted by atomic mass is 9.71. The van der Waals surface area contributed by atoms with Gasteiger partial charge in [-0.25, -0.2) is 4.79 Å². The van der Waals surface area contributed by atoms with Crippen molar-refractivity contribution >= 4 is 23.9 Å². The average Bonchev–Trinajstić information content (AvgIpc) is 3.11. The molecule has 0 unspecified atom stereocenters. The maximum Gasteiger partial charge on any atom is 0.410 e. The van der Waals surface area contributed by atoms with E-state index >= 15 is 0 Å². The number of hydrogen-bond acceptors (Lipinski definition) is 7. The lowest BCUT2D eigenvalue weighted by Crippen LogP contribution is -2.54. The van der Waals surface area contributed by atoms with Crippen LogP contribution in [0.1, 0.15) is 59.9 Å². The lowest BCUT2D eigenvalue weighted by Gasteiger charge is -2.40. The number of likely N-dealkylation sites (tertiary alicyclic amines) is 1. The number of esters is 1. The monoisotopic (exact) mass is 557 g/mol. The van der Waals surface area contributed by atoms with Crippen LogP contribution in [0.15, 0.2) is 36.0 Å². The van der Waals surface area contributed by atoms with Crippen LogP contribution in [0.4, 0.5) is 4.79 Å². The molecular weight excluding hydrogens is 514 g/mol. The molecule has 2 aliphatic rings. The molecule has 2 heterocycles. The number of fused-ring (bicyclic) bond motifs is 1. The van der Waals surface area contributed by atoms with Gasteiger partial charge in [-0.05, 0) is 63.8 Å². The van der Waals surface area contributed by atoms with Gasteiger partial charge in [0.05, 0.1) is 26.2 Å². The predicted octanol–water partition coefficient (Wildman–Crippen LogP) is 3.89. The number of hydrogen-bond donors (Lipinski definition) is 1. The first-order chi connectivity index (χ1) is 18.8. The molecule has 1 saturated heterocycles. The van der Waals surface area contributed by atoms with E-state index in [1.54, 1.807) is 57.9 Å². The molecular formula is C30H43N3O7. The number of ether oxygens (including phenoxy) is 3. The standard InChI is InChI=1S/C30H43N3O7/c1-8-39-27(36)30-19-32(28(37)40-29(4,5)6)16-14-24(30)33(18-21-9-11-22(38-7)12-10-21)26(35)23(30)17-25(34)31-15-13-20(2)3/h9-12,14,20,23H,8,13,15-19H2,1-7H3,(H,31,34)/t23-,30-/m1/s1. The Kier molecular flexibility index (Phi) is 9.87. The first-order valence-corrected chi connectivity index (χ1v) is 13.9. The third-order valence-corrected chi connectivity index (χ3v) is 7.08. The van der Waals surface area contributed by atoms with E-state index in [2.05, 4.69) is 19.2 Å². The number of carbonyl (C=O) groups excluding carboxylic acids is 4. The second kappa shape index (κ2) is 12.7. The minimum Gasteiger partial charge on any atom is -0.497 e. The molecule has 40 heavy (non-hydrogen) atoms. The summed E-state index contributed by atoms with van der Waals surface area (Å²) in [7, 11) is 1.58. The minimum atomic E-state index is -1.55. The molecule has 10 heteroatoms. The highest BCUT2D eigenvalue weighted by atomic mass is 16.6. The summed E-state index contributed by atoms with van der Waals surface area (Å²) in [5.74, 6) is -1.31. The van der Waals surface area contributed by atoms with Crippen LogP contribution in [0.5, 0.6) is 5.75 Å². The molecule has 1 aromatic carbocycles. The SMILES string of the molecule is CCOC(=O)[C@@]12CN(C(=O)OC(C)(C)C)CC=C1N(Cc1ccc(OC)cc1)C(=O)[C@H]2CC(=O)NCCC(C)C. The van der Waals surface area contributed by atoms with E-state index in [0.29, 0.717) is 23.9 Å². The second-order valence-electron chi connectivity index (χ2n) is 11.7. The summed E-state index contributed by atoms with van der Waals surface area (Å²) < 4.78 is 16.4. The molecule has 2 atom stereocenters. The fraction of sp³-hybridized carbons (Fsp3) is 0.600. The van der Waals surface area contributed by atoms with Gasteiger partial charge in [-0.15, -0.1) is 0 Å². The van der Waals surface area contributed by atoms with Crippen LogP contribution in [-0.2, 0) is 30.4 Å². The molecule has 10 nitrogen and oxygen atoms in total. The number of carbonyl (C=O) groups is 4. The maximum atomic E-state index is 14.1. The highest BCUT2D eigenvalue weighted by Gasteiger charge is 2.64. The van der Waals surface area contributed by atoms with Gasteiger partial charge in [0.1, 0.15) is 16.8 Å². The van der Waals surface area contributed by atoms with Crippen LogP contribution in [0, 0.1) is 17.3 Å². The Balaban J connectivity index is 2.03. The average molecular weight is 558 g/mol. The second-order valence-corrected chi connectivity index (χ2v) is 11.7. The Morgan fingerprint density at radius 2 is 1.82 bits per heavy atom. The maximum absolute atomic E-state index is 14.1. The van der Waals surface area contributed by atoms with Gasteiger partial charge in [0.2, 0.25) is 11.8 Å². The highest BCUT2D eigenvalue weighted by Crippen LogP contribution is 2.51. The third-order valence-electron chi connectivity index (χ3n) is 7.08. The molecule has 220 valence electrons. The molecule has 1 fully saturated rings. The zero-order valence-corrected chi connectivity index (χ0v) is 24.7. The van der Waals surface area contributed by atoms with Crippen LogP contribution in [0.25, 0.3) is 0 Å². The molecule has 0 spiro atoms. The van der Waals surface area contributed by atoms with Gasteiger partial charge in [-0.2, -0.15) is 0 Å². The predicted molar refractivity (Wildman–Crippen MR) is 149 cm³/mol. The van der Waals surface area contributed by atoms with Crippen LogP contribution in [0.3, 0.4) is 0 Å². The number of benzene rings is 1. The zero-order valence-electron chi connectivity index (χ0n) is 24.7. The highest BCUT2D eigenvalue weighted by molar-refractivity contribution is 5.99. The van der Waals surface area contributed by atoms with Crippen LogP contribution in [-0.4, -0.2) is 72.6 Å². The Morgan fingerprint density at radius 1 is 1.15 bits per heavy atom. The molecule has 0 saturated carbocycles. The van der Waals surface area contributed by atoms with E-state index in [4.69, 9.17) is 14.2 Å². The van der Waals surface area contributed by atoms with Gasteiger partial charge < -0.3 is 29.3 Å². The molecule has 3 amide bonds. The molecule has 1 N–H and O–H groups in total. The van der Waals surface area contributed by atoms with Crippen molar-refractivity contribution in [1.82, 2.24) is 15.1 Å². The van der Waals surface area contributed by atoms with Crippen molar-refractivity contribution in [1.29, 1.82) is 0 Å². The largest absolute Gasteiger partial charge is 0.497 e. The summed E-state index contributed by atoms with van der Waals surface area (Å²) in [6, 6.07) is 7.29. The van der Waals surface area contributed by atoms with E-state index in [-0.39, 0.29) is 44.5 Å². The number of nitrogens with zero attached hydrogens (tertiary/aromatic N) is 2. The molecule has 0 bridgehead atoms. The van der Waals surface area contributed by atoms with Gasteiger partial charge >= 0.3 is 12.1 Å². The van der Waals surface area contributed by atoms with Crippen molar-refractivity contribution < 1.29 is 33.4 Å². The number of nitrogens with one attached hydrogen (secondary N) is 1. The third kappa shape index (κ3) is 6.95. The van der Waals surface area contributed by atoms with E-state index in [9.17, 15) is 19.2 Å². The van der Waals surface area contributed by atoms with Crippen LogP contribution < -0.4 is 10.1 Å². The summed E-state index contributed by atoms with van der Waals surface area (Å²) >= 11 is 0. The summed E-state index contributed by atoms with van der Waals surface area (Å²) in [5, 5.41) is 2.89. The van der Waals surface area contributed by atoms with Crippen molar-refractivity contribution in [2.24, 2.45) is 17.3 Å². The fourth-order valence-electron chi connectivity index (χ4n) is 5.12. The number of methoxy groups -OCH3 is 1. The normalized spacial score (nSPS) is 20.6. The van der Waals surface area contributed by atoms with E-state index in [0.717, 1.165) is 12.0 Å². The van der Waals surface area contributed by atoms with Crippen LogP contribution >= 0.6 is 0 Å². The van der Waals surface area contributed by atoms with Gasteiger partial charge in [-0.3, -0.25) is 14.4 Å². The molecule has 0 aromatic heterocycles. The molecule has 0 radical (unpaired) electrons. The van der Waals surface area contributed by atoms with Crippen molar-refractivity contribution in [2.45, 2.75) is 66.5 Å². The van der Waals surface area contributed by atoms with Crippen molar-refractivity contribution in [3.63, 3.8) is 0 Å². The summed E-state index contributed by atoms with van der Waals surface area (Å²) in [4.78, 5) is 57.0. The lowest BCUT2D eigenvalue weighted by molar-refractivity contribution is -0.158. The summed E-state index contributed by atoms with van der Waals surface area (Å²) in [5.41, 5.74) is -1.03. The van der Waals surface area contributed by atoms with Crippen molar-refractivity contribution in [3.8, 4) is 5.75 Å². The van der Waals surface area contributed by atoms with Gasteiger partial charge in [0, 0.05) is 31.8 Å². The molecule has 3 rings (SSSR count). The smallest absolute Gasteiger partial charge is 0.410 e. The first-order valence-electron chi connectivity index (χ1n) is 13.9. The Morgan fingerprint density at radius 3 is 2.40 bits per heavy atom. The Labute approximate surface area is 237 Å². The van der Waals surface area contributed by atoms with Crippen LogP contribution in [0.2, 0.25) is 0 Å². The van der Waals surface area contributed by atoms with Gasteiger partial charge in [0.15, 0.2) is 0 Å². The van der Waals surface area contributed by atoms with E-state index < -0.39 is 29.0 Å². The topological polar surface area (TPSA) is 114 Å². The molecule has 1 aromatic rings. The van der Waals surface area contributed by atoms with E-state index in [1.807, 2.05) is 12.1 Å². The zero-order chi connectivity index (χ0) is 29.7. The fourth-order valence-corrected chi connectivity index (χ4v) is 5.12. The van der Waals surface area contributed by atoms with Gasteiger partial charge in [0.25, 0.3) is 0 Å². The number of rotatable bonds is 10. The van der Waals surface area contributed by atoms with E-state index in [1.165, 1.54) is 4.90 Å². The number of amides is 3. The molecule has 2 aliphatic heterocycles. The van der Waals surface area contributed by atoms with Crippen molar-refractivity contribution in [3.05, 3.63) is 41.6 Å². The Bertz CT molecular complexity index is 1120. The molecule has 0 aliphatic carbocycles. The summed E-state index contributed by atoms with van der Waals surface area (Å²) in [6.07, 6.45) is 1.68. The minimum absolute atomic E-state index is 0.0836.